The Hall–Kier alpha value is -3.13. The van der Waals surface area contributed by atoms with Crippen molar-refractivity contribution in [3.8, 4) is 6.07 Å². The molecule has 0 spiro atoms. The monoisotopic (exact) mass is 344 g/mol. The summed E-state index contributed by atoms with van der Waals surface area (Å²) in [4.78, 5) is 22.7. The minimum absolute atomic E-state index is 0.0452. The highest BCUT2D eigenvalue weighted by Crippen LogP contribution is 2.22. The third-order valence-corrected chi connectivity index (χ3v) is 4.99. The Labute approximate surface area is 152 Å². The molecular formula is C21H20N4O. The first-order chi connectivity index (χ1) is 12.7. The molecule has 5 nitrogen and oxygen atoms in total. The molecule has 0 unspecified atom stereocenters. The van der Waals surface area contributed by atoms with E-state index in [4.69, 9.17) is 5.26 Å². The number of hydrogen-bond acceptors (Lipinski definition) is 3. The number of imidazole rings is 1. The number of benzene rings is 2. The van der Waals surface area contributed by atoms with Gasteiger partial charge in [-0.15, -0.1) is 0 Å². The van der Waals surface area contributed by atoms with Crippen molar-refractivity contribution in [2.45, 2.75) is 19.3 Å². The Morgan fingerprint density at radius 1 is 1.23 bits per heavy atom. The van der Waals surface area contributed by atoms with Crippen molar-refractivity contribution in [3.63, 3.8) is 0 Å². The zero-order valence-corrected chi connectivity index (χ0v) is 14.5. The van der Waals surface area contributed by atoms with Gasteiger partial charge < -0.3 is 9.88 Å². The van der Waals surface area contributed by atoms with E-state index < -0.39 is 0 Å². The smallest absolute Gasteiger partial charge is 0.253 e. The van der Waals surface area contributed by atoms with E-state index in [1.165, 1.54) is 0 Å². The van der Waals surface area contributed by atoms with Crippen LogP contribution in [0, 0.1) is 17.2 Å². The number of nitrogens with one attached hydrogen (secondary N) is 1. The number of carbonyl (C=O) groups is 1. The molecule has 1 fully saturated rings. The van der Waals surface area contributed by atoms with Crippen LogP contribution in [0.4, 0.5) is 0 Å². The molecule has 0 bridgehead atoms. The molecule has 0 radical (unpaired) electrons. The molecule has 0 saturated carbocycles. The fraction of sp³-hybridized carbons (Fsp3) is 0.286. The lowest BCUT2D eigenvalue weighted by molar-refractivity contribution is 0.0672. The highest BCUT2D eigenvalue weighted by molar-refractivity contribution is 5.94. The number of aromatic nitrogens is 2. The van der Waals surface area contributed by atoms with Gasteiger partial charge in [0.05, 0.1) is 22.7 Å². The van der Waals surface area contributed by atoms with Gasteiger partial charge in [0.2, 0.25) is 0 Å². The van der Waals surface area contributed by atoms with E-state index in [1.54, 1.807) is 24.3 Å². The van der Waals surface area contributed by atoms with Crippen LogP contribution in [0.15, 0.2) is 48.5 Å². The number of H-pyrrole nitrogens is 1. The molecule has 1 amide bonds. The maximum absolute atomic E-state index is 12.8. The second kappa shape index (κ2) is 7.01. The molecule has 1 aliphatic rings. The lowest BCUT2D eigenvalue weighted by atomic mass is 9.94. The third-order valence-electron chi connectivity index (χ3n) is 4.99. The summed E-state index contributed by atoms with van der Waals surface area (Å²) in [5, 5.41) is 8.89. The van der Waals surface area contributed by atoms with Crippen LogP contribution < -0.4 is 0 Å². The minimum atomic E-state index is 0.0452. The van der Waals surface area contributed by atoms with Crippen LogP contribution in [0.3, 0.4) is 0 Å². The van der Waals surface area contributed by atoms with Crippen LogP contribution in [-0.2, 0) is 6.42 Å². The number of likely N-dealkylation sites (tertiary alicyclic amines) is 1. The van der Waals surface area contributed by atoms with Gasteiger partial charge in [-0.3, -0.25) is 4.79 Å². The fourth-order valence-electron chi connectivity index (χ4n) is 3.66. The molecule has 2 aromatic carbocycles. The average molecular weight is 344 g/mol. The largest absolute Gasteiger partial charge is 0.342 e. The van der Waals surface area contributed by atoms with Crippen LogP contribution >= 0.6 is 0 Å². The van der Waals surface area contributed by atoms with E-state index in [9.17, 15) is 4.79 Å². The Balaban J connectivity index is 1.44. The molecule has 1 atom stereocenters. The molecule has 1 aromatic heterocycles. The van der Waals surface area contributed by atoms with Crippen molar-refractivity contribution >= 4 is 16.9 Å². The molecule has 5 heteroatoms. The normalized spacial score (nSPS) is 17.2. The summed E-state index contributed by atoms with van der Waals surface area (Å²) in [6.07, 6.45) is 2.97. The number of fused-ring (bicyclic) bond motifs is 1. The number of nitriles is 1. The zero-order chi connectivity index (χ0) is 17.9. The number of hydrogen-bond donors (Lipinski definition) is 1. The number of amides is 1. The summed E-state index contributed by atoms with van der Waals surface area (Å²) in [5.74, 6) is 1.44. The van der Waals surface area contributed by atoms with Crippen molar-refractivity contribution in [3.05, 3.63) is 65.5 Å². The number of carbonyl (C=O) groups excluding carboxylic acids is 1. The molecule has 1 aliphatic heterocycles. The first-order valence-corrected chi connectivity index (χ1v) is 8.96. The SMILES string of the molecule is N#Cc1ccc(C(=O)N2CCC[C@@H](Cc3nc4ccccc4[nH]3)C2)cc1. The van der Waals surface area contributed by atoms with Crippen LogP contribution in [0.2, 0.25) is 0 Å². The first kappa shape index (κ1) is 16.3. The van der Waals surface area contributed by atoms with Gasteiger partial charge in [-0.05, 0) is 55.2 Å². The van der Waals surface area contributed by atoms with E-state index in [0.717, 1.165) is 49.2 Å². The quantitative estimate of drug-likeness (QED) is 0.790. The van der Waals surface area contributed by atoms with Gasteiger partial charge in [-0.2, -0.15) is 5.26 Å². The van der Waals surface area contributed by atoms with Gasteiger partial charge in [-0.1, -0.05) is 12.1 Å². The Morgan fingerprint density at radius 3 is 2.81 bits per heavy atom. The van der Waals surface area contributed by atoms with Gasteiger partial charge in [0, 0.05) is 25.1 Å². The predicted octanol–water partition coefficient (Wildman–Crippen LogP) is 3.53. The van der Waals surface area contributed by atoms with Gasteiger partial charge in [0.1, 0.15) is 5.82 Å². The van der Waals surface area contributed by atoms with Crippen LogP contribution in [0.25, 0.3) is 11.0 Å². The Bertz CT molecular complexity index is 935. The number of aromatic amines is 1. The van der Waals surface area contributed by atoms with Crippen LogP contribution in [0.1, 0.15) is 34.6 Å². The second-order valence-electron chi connectivity index (χ2n) is 6.85. The first-order valence-electron chi connectivity index (χ1n) is 8.96. The van der Waals surface area contributed by atoms with E-state index in [0.29, 0.717) is 17.0 Å². The van der Waals surface area contributed by atoms with Crippen LogP contribution in [-0.4, -0.2) is 33.9 Å². The zero-order valence-electron chi connectivity index (χ0n) is 14.5. The van der Waals surface area contributed by atoms with Gasteiger partial charge >= 0.3 is 0 Å². The summed E-state index contributed by atoms with van der Waals surface area (Å²) in [6, 6.07) is 17.0. The lowest BCUT2D eigenvalue weighted by Crippen LogP contribution is -2.40. The van der Waals surface area contributed by atoms with Crippen molar-refractivity contribution in [1.82, 2.24) is 14.9 Å². The van der Waals surface area contributed by atoms with E-state index in [1.807, 2.05) is 29.2 Å². The fourth-order valence-corrected chi connectivity index (χ4v) is 3.66. The average Bonchev–Trinajstić information content (AvgIpc) is 3.10. The molecule has 0 aliphatic carbocycles. The summed E-state index contributed by atoms with van der Waals surface area (Å²) in [6.45, 7) is 1.53. The van der Waals surface area contributed by atoms with E-state index in [2.05, 4.69) is 16.0 Å². The highest BCUT2D eigenvalue weighted by Gasteiger charge is 2.25. The lowest BCUT2D eigenvalue weighted by Gasteiger charge is -2.32. The van der Waals surface area contributed by atoms with Gasteiger partial charge in [-0.25, -0.2) is 4.98 Å². The highest BCUT2D eigenvalue weighted by atomic mass is 16.2. The number of piperidine rings is 1. The maximum Gasteiger partial charge on any atom is 0.253 e. The summed E-state index contributed by atoms with van der Waals surface area (Å²) < 4.78 is 0. The van der Waals surface area contributed by atoms with Gasteiger partial charge in [0.15, 0.2) is 0 Å². The Morgan fingerprint density at radius 2 is 2.04 bits per heavy atom. The number of nitrogens with zero attached hydrogens (tertiary/aromatic N) is 3. The number of rotatable bonds is 3. The van der Waals surface area contributed by atoms with E-state index in [-0.39, 0.29) is 5.91 Å². The molecule has 26 heavy (non-hydrogen) atoms. The topological polar surface area (TPSA) is 72.8 Å². The molecule has 2 heterocycles. The molecular weight excluding hydrogens is 324 g/mol. The third kappa shape index (κ3) is 3.31. The predicted molar refractivity (Wildman–Crippen MR) is 99.6 cm³/mol. The van der Waals surface area contributed by atoms with Crippen molar-refractivity contribution in [2.75, 3.05) is 13.1 Å². The molecule has 1 saturated heterocycles. The molecule has 3 aromatic rings. The Kier molecular flexibility index (Phi) is 4.40. The van der Waals surface area contributed by atoms with Crippen molar-refractivity contribution in [2.24, 2.45) is 5.92 Å². The minimum Gasteiger partial charge on any atom is -0.342 e. The summed E-state index contributed by atoms with van der Waals surface area (Å²) in [7, 11) is 0. The van der Waals surface area contributed by atoms with Crippen molar-refractivity contribution in [1.29, 1.82) is 5.26 Å². The second-order valence-corrected chi connectivity index (χ2v) is 6.85. The molecule has 1 N–H and O–H groups in total. The summed E-state index contributed by atoms with van der Waals surface area (Å²) >= 11 is 0. The standard InChI is InChI=1S/C21H20N4O/c22-13-15-7-9-17(10-8-15)21(26)25-11-3-4-16(14-25)12-20-23-18-5-1-2-6-19(18)24-20/h1-2,5-10,16H,3-4,11-12,14H2,(H,23,24)/t16-/m0/s1. The number of para-hydroxylation sites is 2. The van der Waals surface area contributed by atoms with Gasteiger partial charge in [0.25, 0.3) is 5.91 Å². The molecule has 130 valence electrons. The van der Waals surface area contributed by atoms with E-state index >= 15 is 0 Å². The maximum atomic E-state index is 12.8. The summed E-state index contributed by atoms with van der Waals surface area (Å²) in [5.41, 5.74) is 3.27. The molecule has 4 rings (SSSR count). The van der Waals surface area contributed by atoms with Crippen molar-refractivity contribution < 1.29 is 4.79 Å². The van der Waals surface area contributed by atoms with Crippen LogP contribution in [0.5, 0.6) is 0 Å².